The van der Waals surface area contributed by atoms with E-state index in [4.69, 9.17) is 5.73 Å². The molecule has 1 heterocycles. The second kappa shape index (κ2) is 5.66. The minimum absolute atomic E-state index is 0.00744. The van der Waals surface area contributed by atoms with Crippen molar-refractivity contribution in [2.24, 2.45) is 0 Å². The molecule has 4 nitrogen and oxygen atoms in total. The summed E-state index contributed by atoms with van der Waals surface area (Å²) in [6.07, 6.45) is 0.866. The van der Waals surface area contributed by atoms with E-state index in [2.05, 4.69) is 26.9 Å². The maximum atomic E-state index is 12.5. The van der Waals surface area contributed by atoms with Gasteiger partial charge in [0.1, 0.15) is 11.4 Å². The van der Waals surface area contributed by atoms with Crippen LogP contribution in [0.25, 0.3) is 0 Å². The largest absolute Gasteiger partial charge is 0.421 e. The zero-order valence-corrected chi connectivity index (χ0v) is 12.5. The van der Waals surface area contributed by atoms with Gasteiger partial charge in [-0.3, -0.25) is 0 Å². The Morgan fingerprint density at radius 2 is 2.05 bits per heavy atom. The van der Waals surface area contributed by atoms with E-state index in [9.17, 15) is 13.2 Å². The fourth-order valence-corrected chi connectivity index (χ4v) is 3.30. The molecule has 0 saturated carbocycles. The van der Waals surface area contributed by atoms with E-state index < -0.39 is 26.6 Å². The quantitative estimate of drug-likeness (QED) is 0.590. The van der Waals surface area contributed by atoms with Crippen LogP contribution in [-0.4, -0.2) is 27.9 Å². The molecule has 0 saturated heterocycles. The number of nitrogens with two attached hydrogens (primary N) is 1. The molecular formula is C10H17F3N4S2. The van der Waals surface area contributed by atoms with E-state index in [0.29, 0.717) is 6.20 Å². The van der Waals surface area contributed by atoms with Crippen LogP contribution in [0.3, 0.4) is 0 Å². The second-order valence-corrected chi connectivity index (χ2v) is 10.5. The Balaban J connectivity index is 2.96. The van der Waals surface area contributed by atoms with E-state index in [-0.39, 0.29) is 11.3 Å². The molecule has 1 atom stereocenters. The summed E-state index contributed by atoms with van der Waals surface area (Å²) in [5.41, 5.74) is 4.29. The van der Waals surface area contributed by atoms with Crippen LogP contribution in [0.2, 0.25) is 0 Å². The molecule has 9 heteroatoms. The van der Waals surface area contributed by atoms with E-state index in [1.165, 1.54) is 0 Å². The predicted molar refractivity (Wildman–Crippen MR) is 77.6 cm³/mol. The van der Waals surface area contributed by atoms with Crippen molar-refractivity contribution in [2.75, 3.05) is 23.6 Å². The van der Waals surface area contributed by atoms with Gasteiger partial charge in [0.15, 0.2) is 0 Å². The van der Waals surface area contributed by atoms with Crippen molar-refractivity contribution >= 4 is 32.5 Å². The van der Waals surface area contributed by atoms with Gasteiger partial charge in [0.25, 0.3) is 0 Å². The number of hydrogen-bond acceptors (Lipinski definition) is 5. The number of nitrogens with one attached hydrogen (secondary N) is 1. The molecule has 0 unspecified atom stereocenters. The van der Waals surface area contributed by atoms with Gasteiger partial charge < -0.3 is 11.1 Å². The Kier molecular flexibility index (Phi) is 4.83. The number of nitrogen functional groups attached to an aromatic ring is 1. The molecular weight excluding hydrogens is 297 g/mol. The third-order valence-electron chi connectivity index (χ3n) is 2.48. The van der Waals surface area contributed by atoms with Gasteiger partial charge in [0, 0.05) is 6.20 Å². The van der Waals surface area contributed by atoms with Crippen molar-refractivity contribution in [1.82, 2.24) is 9.97 Å². The lowest BCUT2D eigenvalue weighted by Gasteiger charge is -2.34. The molecule has 110 valence electrons. The first kappa shape index (κ1) is 16.2. The summed E-state index contributed by atoms with van der Waals surface area (Å²) < 4.78 is 37.5. The van der Waals surface area contributed by atoms with Crippen LogP contribution in [0.15, 0.2) is 6.20 Å². The number of alkyl halides is 3. The number of rotatable bonds is 4. The average molecular weight is 314 g/mol. The monoisotopic (exact) mass is 314 g/mol. The zero-order chi connectivity index (χ0) is 14.8. The first-order valence-corrected chi connectivity index (χ1v) is 9.03. The molecule has 0 aromatic carbocycles. The molecule has 19 heavy (non-hydrogen) atoms. The molecule has 0 bridgehead atoms. The van der Waals surface area contributed by atoms with E-state index in [1.807, 2.05) is 19.4 Å². The van der Waals surface area contributed by atoms with Crippen molar-refractivity contribution < 1.29 is 13.2 Å². The van der Waals surface area contributed by atoms with Gasteiger partial charge in [0.05, 0.1) is 5.37 Å². The van der Waals surface area contributed by atoms with Crippen LogP contribution in [0, 0.1) is 0 Å². The van der Waals surface area contributed by atoms with Gasteiger partial charge in [-0.2, -0.15) is 27.2 Å². The van der Waals surface area contributed by atoms with Gasteiger partial charge in [0.2, 0.25) is 5.95 Å². The van der Waals surface area contributed by atoms with Crippen LogP contribution in [0.1, 0.15) is 18.9 Å². The highest BCUT2D eigenvalue weighted by Gasteiger charge is 2.34. The van der Waals surface area contributed by atoms with Crippen molar-refractivity contribution in [3.05, 3.63) is 11.8 Å². The fourth-order valence-electron chi connectivity index (χ4n) is 1.48. The van der Waals surface area contributed by atoms with Crippen LogP contribution < -0.4 is 11.1 Å². The van der Waals surface area contributed by atoms with Gasteiger partial charge in [-0.05, 0) is 18.9 Å². The van der Waals surface area contributed by atoms with Gasteiger partial charge in [-0.15, -0.1) is 11.7 Å². The average Bonchev–Trinajstić information content (AvgIpc) is 2.22. The highest BCUT2D eigenvalue weighted by atomic mass is 33.1. The van der Waals surface area contributed by atoms with Crippen LogP contribution in [-0.2, 0) is 6.18 Å². The third-order valence-corrected chi connectivity index (χ3v) is 5.09. The van der Waals surface area contributed by atoms with Crippen LogP contribution in [0.4, 0.5) is 24.9 Å². The molecule has 0 fully saturated rings. The first-order valence-electron chi connectivity index (χ1n) is 5.46. The smallest absolute Gasteiger partial charge is 0.383 e. The molecule has 0 radical (unpaired) electrons. The molecule has 0 spiro atoms. The first-order chi connectivity index (χ1) is 8.55. The summed E-state index contributed by atoms with van der Waals surface area (Å²) in [7, 11) is -1.22. The number of nitrogens with zero attached hydrogens (tertiary/aromatic N) is 2. The lowest BCUT2D eigenvalue weighted by Crippen LogP contribution is -2.24. The number of aromatic nitrogens is 2. The lowest BCUT2D eigenvalue weighted by molar-refractivity contribution is -0.137. The van der Waals surface area contributed by atoms with Crippen molar-refractivity contribution in [1.29, 1.82) is 0 Å². The molecule has 1 rings (SSSR count). The Morgan fingerprint density at radius 3 is 2.42 bits per heavy atom. The molecule has 0 aliphatic heterocycles. The standard InChI is InChI=1S/C10H17F3N4S2/c1-4-7(19(2,3)18)16-9-15-5-6(8(14)17-9)10(11,12)13/h5,7,18H,4H2,1-3H3,(H3,14,15,16,17)/t7-/m1/s1. The molecule has 1 aromatic heterocycles. The van der Waals surface area contributed by atoms with E-state index in [1.54, 1.807) is 0 Å². The van der Waals surface area contributed by atoms with Gasteiger partial charge in [-0.1, -0.05) is 6.92 Å². The van der Waals surface area contributed by atoms with Crippen LogP contribution >= 0.6 is 20.7 Å². The summed E-state index contributed by atoms with van der Waals surface area (Å²) in [5.74, 6) is -0.487. The van der Waals surface area contributed by atoms with Gasteiger partial charge in [-0.25, -0.2) is 4.98 Å². The Bertz CT molecular complexity index is 445. The van der Waals surface area contributed by atoms with Crippen molar-refractivity contribution in [3.63, 3.8) is 0 Å². The van der Waals surface area contributed by atoms with Crippen molar-refractivity contribution in [3.8, 4) is 0 Å². The summed E-state index contributed by atoms with van der Waals surface area (Å²) in [6, 6.07) is 0. The Hall–Kier alpha value is -0.830. The normalized spacial score (nSPS) is 15.1. The summed E-state index contributed by atoms with van der Waals surface area (Å²) in [5, 5.41) is 2.97. The maximum absolute atomic E-state index is 12.5. The van der Waals surface area contributed by atoms with E-state index >= 15 is 0 Å². The summed E-state index contributed by atoms with van der Waals surface area (Å²) in [4.78, 5) is 7.32. The van der Waals surface area contributed by atoms with E-state index in [0.717, 1.165) is 6.42 Å². The fraction of sp³-hybridized carbons (Fsp3) is 0.600. The molecule has 0 aliphatic carbocycles. The predicted octanol–water partition coefficient (Wildman–Crippen LogP) is 3.13. The number of anilines is 2. The summed E-state index contributed by atoms with van der Waals surface area (Å²) in [6.45, 7) is 1.95. The maximum Gasteiger partial charge on any atom is 0.421 e. The second-order valence-electron chi connectivity index (χ2n) is 4.38. The third kappa shape index (κ3) is 4.34. The molecule has 1 aromatic rings. The van der Waals surface area contributed by atoms with Crippen molar-refractivity contribution in [2.45, 2.75) is 24.9 Å². The number of thiol groups is 1. The van der Waals surface area contributed by atoms with Crippen LogP contribution in [0.5, 0.6) is 0 Å². The number of hydrogen-bond donors (Lipinski definition) is 3. The minimum Gasteiger partial charge on any atom is -0.383 e. The number of halogens is 3. The Morgan fingerprint density at radius 1 is 1.47 bits per heavy atom. The van der Waals surface area contributed by atoms with Gasteiger partial charge >= 0.3 is 6.18 Å². The molecule has 0 amide bonds. The highest BCUT2D eigenvalue weighted by molar-refractivity contribution is 8.87. The highest BCUT2D eigenvalue weighted by Crippen LogP contribution is 2.50. The molecule has 3 N–H and O–H groups in total. The SMILES string of the molecule is CC[C@H](Nc1ncc(C(F)(F)F)c(N)n1)S(C)(C)S. The minimum atomic E-state index is -4.54. The Labute approximate surface area is 116 Å². The lowest BCUT2D eigenvalue weighted by atomic mass is 10.3. The zero-order valence-electron chi connectivity index (χ0n) is 10.8. The topological polar surface area (TPSA) is 63.8 Å². The molecule has 0 aliphatic rings. The summed E-state index contributed by atoms with van der Waals surface area (Å²) >= 11 is 4.51.